The van der Waals surface area contributed by atoms with Crippen LogP contribution in [-0.2, 0) is 10.0 Å². The van der Waals surface area contributed by atoms with Crippen LogP contribution in [0.5, 0.6) is 0 Å². The van der Waals surface area contributed by atoms with Gasteiger partial charge in [-0.3, -0.25) is 13.9 Å². The van der Waals surface area contributed by atoms with Crippen molar-refractivity contribution in [1.82, 2.24) is 5.32 Å². The molecule has 7 nitrogen and oxygen atoms in total. The highest BCUT2D eigenvalue weighted by molar-refractivity contribution is 7.93. The van der Waals surface area contributed by atoms with Crippen molar-refractivity contribution < 1.29 is 18.0 Å². The van der Waals surface area contributed by atoms with E-state index in [1.165, 1.54) is 4.31 Å². The summed E-state index contributed by atoms with van der Waals surface area (Å²) < 4.78 is 25.3. The molecule has 1 heterocycles. The lowest BCUT2D eigenvalue weighted by molar-refractivity contribution is 0.0960. The molecule has 27 heavy (non-hydrogen) atoms. The first-order valence-corrected chi connectivity index (χ1v) is 10.2. The van der Waals surface area contributed by atoms with E-state index in [0.717, 1.165) is 0 Å². The molecule has 8 heteroatoms. The third-order valence-corrected chi connectivity index (χ3v) is 6.44. The minimum Gasteiger partial charge on any atom is -0.355 e. The lowest BCUT2D eigenvalue weighted by atomic mass is 10.1. The monoisotopic (exact) mass is 387 g/mol. The van der Waals surface area contributed by atoms with Gasteiger partial charge in [0.15, 0.2) is 0 Å². The molecule has 0 saturated carbocycles. The molecule has 0 aromatic heterocycles. The molecule has 2 amide bonds. The van der Waals surface area contributed by atoms with Crippen molar-refractivity contribution >= 4 is 33.2 Å². The average Bonchev–Trinajstić information content (AvgIpc) is 3.02. The van der Waals surface area contributed by atoms with Gasteiger partial charge in [-0.05, 0) is 55.3 Å². The maximum absolute atomic E-state index is 12.5. The molecule has 1 fully saturated rings. The molecular weight excluding hydrogens is 366 g/mol. The lowest BCUT2D eigenvalue weighted by Crippen LogP contribution is -2.25. The largest absolute Gasteiger partial charge is 0.355 e. The van der Waals surface area contributed by atoms with Crippen molar-refractivity contribution in [2.75, 3.05) is 29.0 Å². The number of anilines is 2. The van der Waals surface area contributed by atoms with Gasteiger partial charge in [0, 0.05) is 30.4 Å². The van der Waals surface area contributed by atoms with E-state index in [1.54, 1.807) is 56.4 Å². The number of sulfonamides is 1. The summed E-state index contributed by atoms with van der Waals surface area (Å²) in [4.78, 5) is 24.4. The maximum Gasteiger partial charge on any atom is 0.255 e. The van der Waals surface area contributed by atoms with Crippen molar-refractivity contribution in [1.29, 1.82) is 0 Å². The Morgan fingerprint density at radius 1 is 1.04 bits per heavy atom. The number of amides is 2. The van der Waals surface area contributed by atoms with E-state index >= 15 is 0 Å². The van der Waals surface area contributed by atoms with Crippen molar-refractivity contribution in [3.8, 4) is 0 Å². The Balaban J connectivity index is 1.79. The predicted octanol–water partition coefficient (Wildman–Crippen LogP) is 2.15. The van der Waals surface area contributed by atoms with E-state index in [2.05, 4.69) is 10.6 Å². The van der Waals surface area contributed by atoms with Crippen LogP contribution in [0.1, 0.15) is 32.7 Å². The van der Waals surface area contributed by atoms with Crippen molar-refractivity contribution in [3.63, 3.8) is 0 Å². The van der Waals surface area contributed by atoms with Gasteiger partial charge < -0.3 is 10.6 Å². The van der Waals surface area contributed by atoms with E-state index in [0.29, 0.717) is 41.0 Å². The van der Waals surface area contributed by atoms with Gasteiger partial charge in [-0.15, -0.1) is 0 Å². The Bertz CT molecular complexity index is 985. The summed E-state index contributed by atoms with van der Waals surface area (Å²) in [6.45, 7) is 2.22. The first-order chi connectivity index (χ1) is 12.8. The highest BCUT2D eigenvalue weighted by atomic mass is 32.2. The highest BCUT2D eigenvalue weighted by Crippen LogP contribution is 2.25. The number of rotatable bonds is 4. The molecule has 0 atom stereocenters. The fourth-order valence-electron chi connectivity index (χ4n) is 3.05. The second kappa shape index (κ2) is 7.40. The smallest absolute Gasteiger partial charge is 0.255 e. The average molecular weight is 387 g/mol. The summed E-state index contributed by atoms with van der Waals surface area (Å²) in [5, 5.41) is 5.37. The van der Waals surface area contributed by atoms with Crippen LogP contribution in [0, 0.1) is 6.92 Å². The molecule has 1 aliphatic rings. The van der Waals surface area contributed by atoms with E-state index in [-0.39, 0.29) is 17.6 Å². The number of benzene rings is 2. The number of carbonyl (C=O) groups is 2. The van der Waals surface area contributed by atoms with Crippen LogP contribution >= 0.6 is 0 Å². The second-order valence-corrected chi connectivity index (χ2v) is 8.31. The van der Waals surface area contributed by atoms with E-state index in [4.69, 9.17) is 0 Å². The molecule has 0 bridgehead atoms. The molecule has 1 aliphatic heterocycles. The van der Waals surface area contributed by atoms with E-state index in [1.807, 2.05) is 0 Å². The van der Waals surface area contributed by atoms with Crippen LogP contribution in [0.15, 0.2) is 42.5 Å². The third kappa shape index (κ3) is 3.80. The zero-order valence-electron chi connectivity index (χ0n) is 15.2. The number of hydrogen-bond acceptors (Lipinski definition) is 4. The van der Waals surface area contributed by atoms with Gasteiger partial charge in [-0.1, -0.05) is 6.07 Å². The number of carbonyl (C=O) groups excluding carboxylic acids is 2. The second-order valence-electron chi connectivity index (χ2n) is 6.30. The molecule has 0 spiro atoms. The van der Waals surface area contributed by atoms with E-state index < -0.39 is 10.0 Å². The van der Waals surface area contributed by atoms with Crippen LogP contribution < -0.4 is 14.9 Å². The minimum atomic E-state index is -3.25. The topological polar surface area (TPSA) is 95.6 Å². The molecule has 142 valence electrons. The third-order valence-electron chi connectivity index (χ3n) is 4.57. The number of nitrogens with zero attached hydrogens (tertiary/aromatic N) is 1. The Morgan fingerprint density at radius 2 is 1.74 bits per heavy atom. The van der Waals surface area contributed by atoms with Gasteiger partial charge >= 0.3 is 0 Å². The van der Waals surface area contributed by atoms with Crippen LogP contribution in [0.4, 0.5) is 11.4 Å². The van der Waals surface area contributed by atoms with Gasteiger partial charge in [0.2, 0.25) is 10.0 Å². The Morgan fingerprint density at radius 3 is 2.33 bits per heavy atom. The van der Waals surface area contributed by atoms with Crippen LogP contribution in [0.3, 0.4) is 0 Å². The highest BCUT2D eigenvalue weighted by Gasteiger charge is 2.28. The van der Waals surface area contributed by atoms with Crippen molar-refractivity contribution in [2.45, 2.75) is 13.3 Å². The Hall–Kier alpha value is -2.87. The summed E-state index contributed by atoms with van der Waals surface area (Å²) in [6.07, 6.45) is 0.603. The Labute approximate surface area is 158 Å². The summed E-state index contributed by atoms with van der Waals surface area (Å²) >= 11 is 0. The summed E-state index contributed by atoms with van der Waals surface area (Å²) in [6, 6.07) is 11.6. The zero-order chi connectivity index (χ0) is 19.6. The Kier molecular flexibility index (Phi) is 5.18. The molecule has 0 aliphatic carbocycles. The molecule has 3 rings (SSSR count). The van der Waals surface area contributed by atoms with Gasteiger partial charge in [0.25, 0.3) is 11.8 Å². The van der Waals surface area contributed by atoms with Crippen LogP contribution in [0.2, 0.25) is 0 Å². The normalized spacial score (nSPS) is 15.4. The SMILES string of the molecule is CNC(=O)c1cccc(NC(=O)c2ccc(N3CCCS3(=O)=O)cc2)c1C. The molecule has 2 aromatic carbocycles. The van der Waals surface area contributed by atoms with E-state index in [9.17, 15) is 18.0 Å². The van der Waals surface area contributed by atoms with Gasteiger partial charge in [0.05, 0.1) is 11.4 Å². The zero-order valence-corrected chi connectivity index (χ0v) is 16.0. The summed E-state index contributed by atoms with van der Waals surface area (Å²) in [7, 11) is -1.70. The summed E-state index contributed by atoms with van der Waals surface area (Å²) in [5.41, 5.74) is 2.67. The quantitative estimate of drug-likeness (QED) is 0.840. The van der Waals surface area contributed by atoms with Crippen molar-refractivity contribution in [2.24, 2.45) is 0 Å². The van der Waals surface area contributed by atoms with Gasteiger partial charge in [-0.25, -0.2) is 8.42 Å². The number of nitrogens with one attached hydrogen (secondary N) is 2. The lowest BCUT2D eigenvalue weighted by Gasteiger charge is -2.17. The predicted molar refractivity (Wildman–Crippen MR) is 105 cm³/mol. The van der Waals surface area contributed by atoms with Crippen molar-refractivity contribution in [3.05, 3.63) is 59.2 Å². The maximum atomic E-state index is 12.5. The fraction of sp³-hybridized carbons (Fsp3) is 0.263. The number of hydrogen-bond donors (Lipinski definition) is 2. The van der Waals surface area contributed by atoms with Gasteiger partial charge in [-0.2, -0.15) is 0 Å². The standard InChI is InChI=1S/C19H21N3O4S/c1-13-16(19(24)20-2)5-3-6-17(13)21-18(23)14-7-9-15(10-8-14)22-11-4-12-27(22,25)26/h3,5-10H,4,11-12H2,1-2H3,(H,20,24)(H,21,23). The van der Waals surface area contributed by atoms with Crippen LogP contribution in [0.25, 0.3) is 0 Å². The summed E-state index contributed by atoms with van der Waals surface area (Å²) in [5.74, 6) is -0.404. The first-order valence-electron chi connectivity index (χ1n) is 8.57. The van der Waals surface area contributed by atoms with Gasteiger partial charge in [0.1, 0.15) is 0 Å². The molecule has 2 N–H and O–H groups in total. The molecular formula is C19H21N3O4S. The fourth-order valence-corrected chi connectivity index (χ4v) is 4.62. The molecule has 0 unspecified atom stereocenters. The van der Waals surface area contributed by atoms with Crippen LogP contribution in [-0.4, -0.2) is 39.6 Å². The first kappa shape index (κ1) is 18.9. The molecule has 2 aromatic rings. The molecule has 1 saturated heterocycles. The minimum absolute atomic E-state index is 0.149. The molecule has 0 radical (unpaired) electrons.